The summed E-state index contributed by atoms with van der Waals surface area (Å²) < 4.78 is 18.5. The summed E-state index contributed by atoms with van der Waals surface area (Å²) in [5.74, 6) is 0.0817. The van der Waals surface area contributed by atoms with E-state index in [1.165, 1.54) is 25.3 Å². The summed E-state index contributed by atoms with van der Waals surface area (Å²) >= 11 is 0. The van der Waals surface area contributed by atoms with Crippen molar-refractivity contribution in [2.24, 2.45) is 0 Å². The van der Waals surface area contributed by atoms with E-state index in [-0.39, 0.29) is 18.1 Å². The van der Waals surface area contributed by atoms with Gasteiger partial charge in [-0.3, -0.25) is 9.78 Å². The number of rotatable bonds is 6. The van der Waals surface area contributed by atoms with Gasteiger partial charge in [0.1, 0.15) is 11.6 Å². The number of methoxy groups -OCH3 is 1. The van der Waals surface area contributed by atoms with Crippen LogP contribution in [-0.2, 0) is 17.6 Å². The van der Waals surface area contributed by atoms with Crippen molar-refractivity contribution in [3.63, 3.8) is 0 Å². The monoisotopic (exact) mass is 302 g/mol. The van der Waals surface area contributed by atoms with E-state index in [1.54, 1.807) is 24.3 Å². The Morgan fingerprint density at radius 2 is 2.00 bits per heavy atom. The molecule has 1 aromatic heterocycles. The van der Waals surface area contributed by atoms with Gasteiger partial charge in [-0.15, -0.1) is 0 Å². The van der Waals surface area contributed by atoms with Crippen molar-refractivity contribution in [3.05, 3.63) is 59.7 Å². The summed E-state index contributed by atoms with van der Waals surface area (Å²) in [6, 6.07) is 8.05. The number of amides is 1. The number of carbonyl (C=O) groups is 1. The topological polar surface area (TPSA) is 42.4 Å². The van der Waals surface area contributed by atoms with Crippen LogP contribution in [-0.4, -0.2) is 36.5 Å². The first-order chi connectivity index (χ1) is 10.6. The maximum Gasteiger partial charge on any atom is 0.226 e. The number of aromatic nitrogens is 1. The number of hydrogen-bond acceptors (Lipinski definition) is 3. The van der Waals surface area contributed by atoms with E-state index in [4.69, 9.17) is 4.74 Å². The van der Waals surface area contributed by atoms with Gasteiger partial charge in [-0.1, -0.05) is 0 Å². The molecule has 0 saturated heterocycles. The first-order valence-corrected chi connectivity index (χ1v) is 7.05. The lowest BCUT2D eigenvalue weighted by atomic mass is 10.1. The van der Waals surface area contributed by atoms with Crippen molar-refractivity contribution in [1.29, 1.82) is 0 Å². The summed E-state index contributed by atoms with van der Waals surface area (Å²) in [7, 11) is 3.25. The number of halogens is 1. The highest BCUT2D eigenvalue weighted by molar-refractivity contribution is 5.79. The molecule has 0 unspecified atom stereocenters. The smallest absolute Gasteiger partial charge is 0.226 e. The van der Waals surface area contributed by atoms with Crippen LogP contribution in [0.2, 0.25) is 0 Å². The first kappa shape index (κ1) is 15.9. The highest BCUT2D eigenvalue weighted by Crippen LogP contribution is 2.20. The van der Waals surface area contributed by atoms with Crippen LogP contribution in [0.15, 0.2) is 42.7 Å². The summed E-state index contributed by atoms with van der Waals surface area (Å²) in [5, 5.41) is 0. The number of benzene rings is 1. The number of likely N-dealkylation sites (N-methyl/N-ethyl adjacent to an activating group) is 1. The molecule has 4 nitrogen and oxygen atoms in total. The zero-order valence-electron chi connectivity index (χ0n) is 12.8. The fraction of sp³-hybridized carbons (Fsp3) is 0.294. The van der Waals surface area contributed by atoms with Gasteiger partial charge in [-0.2, -0.15) is 0 Å². The Balaban J connectivity index is 1.95. The van der Waals surface area contributed by atoms with Crippen LogP contribution >= 0.6 is 0 Å². The molecular weight excluding hydrogens is 283 g/mol. The van der Waals surface area contributed by atoms with Crippen molar-refractivity contribution >= 4 is 5.91 Å². The molecule has 5 heteroatoms. The zero-order valence-corrected chi connectivity index (χ0v) is 12.8. The van der Waals surface area contributed by atoms with Crippen molar-refractivity contribution in [1.82, 2.24) is 9.88 Å². The average molecular weight is 302 g/mol. The molecule has 2 aromatic rings. The Morgan fingerprint density at radius 1 is 1.27 bits per heavy atom. The second kappa shape index (κ2) is 7.54. The van der Waals surface area contributed by atoms with Crippen molar-refractivity contribution in [2.45, 2.75) is 12.8 Å². The minimum atomic E-state index is -0.372. The lowest BCUT2D eigenvalue weighted by molar-refractivity contribution is -0.129. The molecule has 22 heavy (non-hydrogen) atoms. The van der Waals surface area contributed by atoms with Crippen LogP contribution in [0, 0.1) is 5.82 Å². The van der Waals surface area contributed by atoms with Gasteiger partial charge in [-0.05, 0) is 42.3 Å². The Morgan fingerprint density at radius 3 is 2.68 bits per heavy atom. The molecule has 0 spiro atoms. The highest BCUT2D eigenvalue weighted by Gasteiger charge is 2.13. The van der Waals surface area contributed by atoms with Gasteiger partial charge in [-0.25, -0.2) is 4.39 Å². The standard InChI is InChI=1S/C17H19FN2O2/c1-20(10-7-13-5-8-19-9-6-13)17(21)12-14-11-15(18)3-4-16(14)22-2/h3-6,8-9,11H,7,10,12H2,1-2H3. The van der Waals surface area contributed by atoms with Gasteiger partial charge >= 0.3 is 0 Å². The summed E-state index contributed by atoms with van der Waals surface area (Å²) in [6.45, 7) is 0.598. The molecule has 1 amide bonds. The zero-order chi connectivity index (χ0) is 15.9. The van der Waals surface area contributed by atoms with Crippen molar-refractivity contribution < 1.29 is 13.9 Å². The summed E-state index contributed by atoms with van der Waals surface area (Å²) in [4.78, 5) is 17.9. The number of ether oxygens (including phenoxy) is 1. The normalized spacial score (nSPS) is 10.3. The molecule has 0 atom stereocenters. The second-order valence-corrected chi connectivity index (χ2v) is 5.05. The lowest BCUT2D eigenvalue weighted by Crippen LogP contribution is -2.30. The molecule has 0 saturated carbocycles. The molecule has 0 aliphatic heterocycles. The van der Waals surface area contributed by atoms with Crippen LogP contribution in [0.1, 0.15) is 11.1 Å². The summed E-state index contributed by atoms with van der Waals surface area (Å²) in [6.07, 6.45) is 4.34. The first-order valence-electron chi connectivity index (χ1n) is 7.05. The minimum Gasteiger partial charge on any atom is -0.496 e. The molecular formula is C17H19FN2O2. The van der Waals surface area contributed by atoms with Crippen molar-refractivity contribution in [3.8, 4) is 5.75 Å². The van der Waals surface area contributed by atoms with E-state index in [0.29, 0.717) is 17.9 Å². The van der Waals surface area contributed by atoms with E-state index >= 15 is 0 Å². The van der Waals surface area contributed by atoms with Gasteiger partial charge < -0.3 is 9.64 Å². The van der Waals surface area contributed by atoms with E-state index in [1.807, 2.05) is 12.1 Å². The molecule has 1 heterocycles. The van der Waals surface area contributed by atoms with Gasteiger partial charge in [0.25, 0.3) is 0 Å². The maximum atomic E-state index is 13.3. The third kappa shape index (κ3) is 4.28. The quantitative estimate of drug-likeness (QED) is 0.823. The summed E-state index contributed by atoms with van der Waals surface area (Å²) in [5.41, 5.74) is 1.68. The Labute approximate surface area is 129 Å². The Kier molecular flexibility index (Phi) is 5.47. The Hall–Kier alpha value is -2.43. The van der Waals surface area contributed by atoms with Crippen LogP contribution in [0.3, 0.4) is 0 Å². The number of nitrogens with zero attached hydrogens (tertiary/aromatic N) is 2. The molecule has 0 N–H and O–H groups in total. The predicted octanol–water partition coefficient (Wildman–Crippen LogP) is 2.47. The number of hydrogen-bond donors (Lipinski definition) is 0. The van der Waals surface area contributed by atoms with Crippen LogP contribution in [0.4, 0.5) is 4.39 Å². The predicted molar refractivity (Wildman–Crippen MR) is 82.2 cm³/mol. The van der Waals surface area contributed by atoms with Crippen molar-refractivity contribution in [2.75, 3.05) is 20.7 Å². The van der Waals surface area contributed by atoms with Gasteiger partial charge in [0.2, 0.25) is 5.91 Å². The fourth-order valence-electron chi connectivity index (χ4n) is 2.15. The average Bonchev–Trinajstić information content (AvgIpc) is 2.53. The molecule has 0 aliphatic carbocycles. The van der Waals surface area contributed by atoms with Crippen LogP contribution < -0.4 is 4.74 Å². The van der Waals surface area contributed by atoms with Gasteiger partial charge in [0.15, 0.2) is 0 Å². The molecule has 0 aliphatic rings. The van der Waals surface area contributed by atoms with E-state index in [9.17, 15) is 9.18 Å². The Bertz CT molecular complexity index is 632. The van der Waals surface area contributed by atoms with E-state index in [2.05, 4.69) is 4.98 Å². The van der Waals surface area contributed by atoms with E-state index < -0.39 is 0 Å². The molecule has 116 valence electrons. The third-order valence-corrected chi connectivity index (χ3v) is 3.50. The minimum absolute atomic E-state index is 0.0713. The largest absolute Gasteiger partial charge is 0.496 e. The maximum absolute atomic E-state index is 13.3. The third-order valence-electron chi connectivity index (χ3n) is 3.50. The highest BCUT2D eigenvalue weighted by atomic mass is 19.1. The van der Waals surface area contributed by atoms with Gasteiger partial charge in [0, 0.05) is 31.5 Å². The molecule has 2 rings (SSSR count). The fourth-order valence-corrected chi connectivity index (χ4v) is 2.15. The number of pyridine rings is 1. The second-order valence-electron chi connectivity index (χ2n) is 5.05. The molecule has 1 aromatic carbocycles. The van der Waals surface area contributed by atoms with E-state index in [0.717, 1.165) is 12.0 Å². The van der Waals surface area contributed by atoms with Gasteiger partial charge in [0.05, 0.1) is 13.5 Å². The van der Waals surface area contributed by atoms with Crippen LogP contribution in [0.5, 0.6) is 5.75 Å². The lowest BCUT2D eigenvalue weighted by Gasteiger charge is -2.18. The molecule has 0 fully saturated rings. The molecule has 0 radical (unpaired) electrons. The molecule has 0 bridgehead atoms. The SMILES string of the molecule is COc1ccc(F)cc1CC(=O)N(C)CCc1ccncc1. The number of carbonyl (C=O) groups excluding carboxylic acids is 1. The van der Waals surface area contributed by atoms with Crippen LogP contribution in [0.25, 0.3) is 0 Å².